The third kappa shape index (κ3) is 2.40. The lowest BCUT2D eigenvalue weighted by atomic mass is 10.1. The van der Waals surface area contributed by atoms with Crippen LogP contribution >= 0.6 is 0 Å². The fourth-order valence-corrected chi connectivity index (χ4v) is 1.73. The Labute approximate surface area is 108 Å². The molecule has 2 rings (SSSR count). The fraction of sp³-hybridized carbons (Fsp3) is 0.333. The van der Waals surface area contributed by atoms with Crippen LogP contribution in [0.4, 0.5) is 0 Å². The first-order chi connectivity index (χ1) is 8.90. The van der Waals surface area contributed by atoms with Gasteiger partial charge in [0.2, 0.25) is 0 Å². The minimum absolute atomic E-state index is 0.269. The number of nitrogens with zero attached hydrogens (tertiary/aromatic N) is 2. The maximum absolute atomic E-state index is 12.1. The summed E-state index contributed by atoms with van der Waals surface area (Å²) in [4.78, 5) is 27.0. The van der Waals surface area contributed by atoms with Crippen molar-refractivity contribution in [3.63, 3.8) is 0 Å². The summed E-state index contributed by atoms with van der Waals surface area (Å²) in [7, 11) is 0. The average Bonchev–Trinajstić information content (AvgIpc) is 2.69. The number of aliphatic carboxylic acids is 1. The van der Waals surface area contributed by atoms with Crippen LogP contribution < -0.4 is 5.32 Å². The molecule has 0 aliphatic heterocycles. The van der Waals surface area contributed by atoms with Crippen LogP contribution in [0.1, 0.15) is 28.7 Å². The SMILES string of the molecule is Cc1cc(C(=O)NC(C)C(=O)O)c2c(C)noc2n1. The number of hydrogen-bond donors (Lipinski definition) is 2. The Hall–Kier alpha value is -2.44. The van der Waals surface area contributed by atoms with Gasteiger partial charge in [-0.1, -0.05) is 5.16 Å². The number of aryl methyl sites for hydroxylation is 2. The highest BCUT2D eigenvalue weighted by atomic mass is 16.5. The number of carboxylic acids is 1. The Morgan fingerprint density at radius 2 is 2.11 bits per heavy atom. The second-order valence-corrected chi connectivity index (χ2v) is 4.29. The molecule has 0 saturated carbocycles. The normalized spacial score (nSPS) is 12.4. The van der Waals surface area contributed by atoms with Gasteiger partial charge in [-0.25, -0.2) is 4.98 Å². The molecule has 0 saturated heterocycles. The molecule has 2 N–H and O–H groups in total. The van der Waals surface area contributed by atoms with E-state index in [2.05, 4.69) is 15.5 Å². The Balaban J connectivity index is 2.46. The van der Waals surface area contributed by atoms with Crippen LogP contribution in [0.2, 0.25) is 0 Å². The Morgan fingerprint density at radius 3 is 2.74 bits per heavy atom. The summed E-state index contributed by atoms with van der Waals surface area (Å²) in [5.41, 5.74) is 1.72. The molecule has 0 fully saturated rings. The molecule has 1 amide bonds. The van der Waals surface area contributed by atoms with Gasteiger partial charge >= 0.3 is 5.97 Å². The molecule has 0 bridgehead atoms. The van der Waals surface area contributed by atoms with Crippen molar-refractivity contribution >= 4 is 23.0 Å². The van der Waals surface area contributed by atoms with Crippen LogP contribution in [0, 0.1) is 13.8 Å². The number of rotatable bonds is 3. The molecule has 1 atom stereocenters. The van der Waals surface area contributed by atoms with E-state index in [0.717, 1.165) is 0 Å². The maximum atomic E-state index is 12.1. The van der Waals surface area contributed by atoms with Gasteiger partial charge in [-0.05, 0) is 26.8 Å². The number of carboxylic acid groups (broad SMARTS) is 1. The van der Waals surface area contributed by atoms with Gasteiger partial charge < -0.3 is 14.9 Å². The van der Waals surface area contributed by atoms with Gasteiger partial charge in [-0.2, -0.15) is 0 Å². The van der Waals surface area contributed by atoms with Gasteiger partial charge in [0.05, 0.1) is 16.6 Å². The highest BCUT2D eigenvalue weighted by molar-refractivity contribution is 6.06. The zero-order valence-corrected chi connectivity index (χ0v) is 10.7. The fourth-order valence-electron chi connectivity index (χ4n) is 1.73. The molecule has 0 spiro atoms. The summed E-state index contributed by atoms with van der Waals surface area (Å²) in [6, 6.07) is 0.604. The highest BCUT2D eigenvalue weighted by Crippen LogP contribution is 2.21. The Kier molecular flexibility index (Phi) is 3.20. The van der Waals surface area contributed by atoms with Crippen molar-refractivity contribution in [2.75, 3.05) is 0 Å². The van der Waals surface area contributed by atoms with E-state index in [1.54, 1.807) is 19.9 Å². The zero-order chi connectivity index (χ0) is 14.2. The summed E-state index contributed by atoms with van der Waals surface area (Å²) < 4.78 is 5.02. The summed E-state index contributed by atoms with van der Waals surface area (Å²) in [6.45, 7) is 4.81. The van der Waals surface area contributed by atoms with Crippen LogP contribution in [0.25, 0.3) is 11.1 Å². The molecule has 19 heavy (non-hydrogen) atoms. The topological polar surface area (TPSA) is 105 Å². The maximum Gasteiger partial charge on any atom is 0.325 e. The van der Waals surface area contributed by atoms with Crippen LogP contribution in [-0.4, -0.2) is 33.2 Å². The number of pyridine rings is 1. The van der Waals surface area contributed by atoms with Gasteiger partial charge in [0, 0.05) is 5.69 Å². The number of hydrogen-bond acceptors (Lipinski definition) is 5. The molecule has 7 nitrogen and oxygen atoms in total. The van der Waals surface area contributed by atoms with Gasteiger partial charge in [-0.15, -0.1) is 0 Å². The van der Waals surface area contributed by atoms with Gasteiger partial charge in [0.1, 0.15) is 6.04 Å². The average molecular weight is 263 g/mol. The molecule has 0 aliphatic carbocycles. The highest BCUT2D eigenvalue weighted by Gasteiger charge is 2.21. The predicted molar refractivity (Wildman–Crippen MR) is 65.8 cm³/mol. The molecular formula is C12H13N3O4. The molecule has 100 valence electrons. The predicted octanol–water partition coefficient (Wildman–Crippen LogP) is 1.04. The number of carbonyl (C=O) groups is 2. The van der Waals surface area contributed by atoms with E-state index in [0.29, 0.717) is 22.3 Å². The van der Waals surface area contributed by atoms with Crippen molar-refractivity contribution in [3.05, 3.63) is 23.0 Å². The largest absolute Gasteiger partial charge is 0.480 e. The first-order valence-corrected chi connectivity index (χ1v) is 5.67. The minimum Gasteiger partial charge on any atom is -0.480 e. The molecule has 0 radical (unpaired) electrons. The van der Waals surface area contributed by atoms with Crippen molar-refractivity contribution in [1.29, 1.82) is 0 Å². The van der Waals surface area contributed by atoms with Crippen LogP contribution in [0.15, 0.2) is 10.6 Å². The van der Waals surface area contributed by atoms with Crippen LogP contribution in [0.3, 0.4) is 0 Å². The van der Waals surface area contributed by atoms with E-state index in [1.807, 2.05) is 0 Å². The molecule has 0 aromatic carbocycles. The molecule has 2 heterocycles. The van der Waals surface area contributed by atoms with Crippen molar-refractivity contribution in [2.24, 2.45) is 0 Å². The second kappa shape index (κ2) is 4.68. The molecule has 2 aromatic rings. The van der Waals surface area contributed by atoms with Gasteiger partial charge in [0.15, 0.2) is 0 Å². The zero-order valence-electron chi connectivity index (χ0n) is 10.7. The molecule has 0 aliphatic rings. The first-order valence-electron chi connectivity index (χ1n) is 5.67. The number of amides is 1. The molecule has 2 aromatic heterocycles. The molecule has 1 unspecified atom stereocenters. The van der Waals surface area contributed by atoms with E-state index in [4.69, 9.17) is 9.63 Å². The number of nitrogens with one attached hydrogen (secondary N) is 1. The summed E-state index contributed by atoms with van der Waals surface area (Å²) in [6.07, 6.45) is 0. The molecular weight excluding hydrogens is 250 g/mol. The van der Waals surface area contributed by atoms with Crippen molar-refractivity contribution in [3.8, 4) is 0 Å². The smallest absolute Gasteiger partial charge is 0.325 e. The van der Waals surface area contributed by atoms with Crippen LogP contribution in [-0.2, 0) is 4.79 Å². The van der Waals surface area contributed by atoms with E-state index in [-0.39, 0.29) is 5.71 Å². The number of aromatic nitrogens is 2. The quantitative estimate of drug-likeness (QED) is 0.857. The Morgan fingerprint density at radius 1 is 1.42 bits per heavy atom. The van der Waals surface area contributed by atoms with Crippen molar-refractivity contribution in [1.82, 2.24) is 15.5 Å². The van der Waals surface area contributed by atoms with Gasteiger partial charge in [-0.3, -0.25) is 9.59 Å². The number of fused-ring (bicyclic) bond motifs is 1. The van der Waals surface area contributed by atoms with E-state index >= 15 is 0 Å². The summed E-state index contributed by atoms with van der Waals surface area (Å²) in [5.74, 6) is -1.59. The van der Waals surface area contributed by atoms with Crippen molar-refractivity contribution < 1.29 is 19.2 Å². The second-order valence-electron chi connectivity index (χ2n) is 4.29. The molecule has 7 heteroatoms. The van der Waals surface area contributed by atoms with E-state index in [9.17, 15) is 9.59 Å². The standard InChI is InChI=1S/C12H13N3O4/c1-5-4-8(10(16)14-7(3)12(17)18)9-6(2)15-19-11(9)13-5/h4,7H,1-3H3,(H,14,16)(H,17,18). The van der Waals surface area contributed by atoms with Gasteiger partial charge in [0.25, 0.3) is 11.6 Å². The lowest BCUT2D eigenvalue weighted by molar-refractivity contribution is -0.138. The third-order valence-electron chi connectivity index (χ3n) is 2.71. The monoisotopic (exact) mass is 263 g/mol. The lowest BCUT2D eigenvalue weighted by Crippen LogP contribution is -2.38. The summed E-state index contributed by atoms with van der Waals surface area (Å²) in [5, 5.41) is 15.5. The first kappa shape index (κ1) is 13.0. The Bertz CT molecular complexity index is 662. The van der Waals surface area contributed by atoms with E-state index < -0.39 is 17.9 Å². The van der Waals surface area contributed by atoms with Crippen molar-refractivity contribution in [2.45, 2.75) is 26.8 Å². The van der Waals surface area contributed by atoms with E-state index in [1.165, 1.54) is 6.92 Å². The van der Waals surface area contributed by atoms with Crippen LogP contribution in [0.5, 0.6) is 0 Å². The summed E-state index contributed by atoms with van der Waals surface area (Å²) >= 11 is 0. The number of carbonyl (C=O) groups excluding carboxylic acids is 1. The third-order valence-corrected chi connectivity index (χ3v) is 2.71. The lowest BCUT2D eigenvalue weighted by Gasteiger charge is -2.10. The minimum atomic E-state index is -1.10.